The van der Waals surface area contributed by atoms with Gasteiger partial charge in [0.2, 0.25) is 0 Å². The molecule has 0 aliphatic rings. The second-order valence-electron chi connectivity index (χ2n) is 5.30. The van der Waals surface area contributed by atoms with Gasteiger partial charge < -0.3 is 10.1 Å². The van der Waals surface area contributed by atoms with Gasteiger partial charge in [0.05, 0.1) is 6.61 Å². The fourth-order valence-electron chi connectivity index (χ4n) is 1.70. The minimum absolute atomic E-state index is 0.526. The van der Waals surface area contributed by atoms with Crippen molar-refractivity contribution in [3.8, 4) is 5.75 Å². The Labute approximate surface area is 117 Å². The molecule has 19 heavy (non-hydrogen) atoms. The summed E-state index contributed by atoms with van der Waals surface area (Å²) in [5, 5.41) is 3.42. The van der Waals surface area contributed by atoms with Gasteiger partial charge in [-0.15, -0.1) is 0 Å². The number of ether oxygens (including phenoxy) is 1. The van der Waals surface area contributed by atoms with Crippen LogP contribution in [0.5, 0.6) is 5.75 Å². The Morgan fingerprint density at radius 3 is 2.53 bits per heavy atom. The molecule has 0 radical (unpaired) electrons. The molecule has 2 heteroatoms. The van der Waals surface area contributed by atoms with E-state index in [2.05, 4.69) is 51.2 Å². The van der Waals surface area contributed by atoms with Crippen LogP contribution in [0.3, 0.4) is 0 Å². The van der Waals surface area contributed by atoms with Crippen molar-refractivity contribution in [3.63, 3.8) is 0 Å². The highest BCUT2D eigenvalue weighted by atomic mass is 16.5. The van der Waals surface area contributed by atoms with Gasteiger partial charge in [0.1, 0.15) is 5.75 Å². The lowest BCUT2D eigenvalue weighted by Gasteiger charge is -2.08. The zero-order valence-electron chi connectivity index (χ0n) is 12.7. The van der Waals surface area contributed by atoms with E-state index in [9.17, 15) is 0 Å². The van der Waals surface area contributed by atoms with Crippen molar-refractivity contribution in [2.75, 3.05) is 13.2 Å². The molecule has 0 unspecified atom stereocenters. The number of unbranched alkanes of at least 4 members (excludes halogenated alkanes) is 1. The lowest BCUT2D eigenvalue weighted by molar-refractivity contribution is 0.309. The van der Waals surface area contributed by atoms with Crippen LogP contribution in [0, 0.1) is 0 Å². The molecule has 0 aliphatic carbocycles. The van der Waals surface area contributed by atoms with Crippen LogP contribution in [0.4, 0.5) is 0 Å². The molecule has 0 fully saturated rings. The first kappa shape index (κ1) is 15.8. The molecule has 1 aromatic rings. The van der Waals surface area contributed by atoms with E-state index in [1.54, 1.807) is 0 Å². The molecule has 1 aromatic carbocycles. The highest BCUT2D eigenvalue weighted by molar-refractivity contribution is 5.53. The van der Waals surface area contributed by atoms with Crippen molar-refractivity contribution < 1.29 is 4.74 Å². The first-order valence-corrected chi connectivity index (χ1v) is 7.25. The fourth-order valence-corrected chi connectivity index (χ4v) is 1.70. The summed E-state index contributed by atoms with van der Waals surface area (Å²) < 4.78 is 5.65. The summed E-state index contributed by atoms with van der Waals surface area (Å²) in [6.07, 6.45) is 4.50. The minimum Gasteiger partial charge on any atom is -0.494 e. The van der Waals surface area contributed by atoms with Crippen molar-refractivity contribution in [2.45, 2.75) is 46.6 Å². The second-order valence-corrected chi connectivity index (χ2v) is 5.30. The molecule has 0 amide bonds. The summed E-state index contributed by atoms with van der Waals surface area (Å²) in [7, 11) is 0. The van der Waals surface area contributed by atoms with Crippen LogP contribution in [0.15, 0.2) is 29.8 Å². The van der Waals surface area contributed by atoms with Crippen LogP contribution in [-0.4, -0.2) is 19.2 Å². The predicted molar refractivity (Wildman–Crippen MR) is 83.6 cm³/mol. The fraction of sp³-hybridized carbons (Fsp3) is 0.529. The van der Waals surface area contributed by atoms with E-state index in [0.29, 0.717) is 6.04 Å². The Morgan fingerprint density at radius 1 is 1.26 bits per heavy atom. The first-order valence-electron chi connectivity index (χ1n) is 7.25. The zero-order chi connectivity index (χ0) is 14.1. The van der Waals surface area contributed by atoms with Crippen LogP contribution < -0.4 is 10.1 Å². The van der Waals surface area contributed by atoms with Crippen molar-refractivity contribution in [1.82, 2.24) is 5.32 Å². The SMILES string of the molecule is CCCCOc1ccc(C=C(C)CNC(C)C)cc1. The average molecular weight is 261 g/mol. The molecule has 0 spiro atoms. The van der Waals surface area contributed by atoms with Gasteiger partial charge in [-0.25, -0.2) is 0 Å². The molecule has 106 valence electrons. The van der Waals surface area contributed by atoms with Gasteiger partial charge in [0.25, 0.3) is 0 Å². The third kappa shape index (κ3) is 7.02. The van der Waals surface area contributed by atoms with E-state index in [1.807, 2.05) is 12.1 Å². The largest absolute Gasteiger partial charge is 0.494 e. The quantitative estimate of drug-likeness (QED) is 0.706. The first-order chi connectivity index (χ1) is 9.11. The number of hydrogen-bond donors (Lipinski definition) is 1. The number of nitrogens with one attached hydrogen (secondary N) is 1. The molecular formula is C17H27NO. The molecule has 0 saturated carbocycles. The lowest BCUT2D eigenvalue weighted by atomic mass is 10.1. The summed E-state index contributed by atoms with van der Waals surface area (Å²) in [4.78, 5) is 0. The van der Waals surface area contributed by atoms with Gasteiger partial charge in [-0.05, 0) is 31.0 Å². The van der Waals surface area contributed by atoms with Gasteiger partial charge in [-0.3, -0.25) is 0 Å². The highest BCUT2D eigenvalue weighted by Gasteiger charge is 1.96. The molecule has 1 N–H and O–H groups in total. The predicted octanol–water partition coefficient (Wildman–Crippen LogP) is 4.27. The van der Waals surface area contributed by atoms with Crippen LogP contribution in [0.25, 0.3) is 6.08 Å². The van der Waals surface area contributed by atoms with Gasteiger partial charge >= 0.3 is 0 Å². The molecular weight excluding hydrogens is 234 g/mol. The third-order valence-electron chi connectivity index (χ3n) is 2.85. The molecule has 0 atom stereocenters. The highest BCUT2D eigenvalue weighted by Crippen LogP contribution is 2.14. The molecule has 0 bridgehead atoms. The Balaban J connectivity index is 2.48. The van der Waals surface area contributed by atoms with E-state index in [1.165, 1.54) is 17.6 Å². The van der Waals surface area contributed by atoms with E-state index >= 15 is 0 Å². The third-order valence-corrected chi connectivity index (χ3v) is 2.85. The molecule has 0 aliphatic heterocycles. The van der Waals surface area contributed by atoms with Gasteiger partial charge in [-0.2, -0.15) is 0 Å². The van der Waals surface area contributed by atoms with Crippen LogP contribution in [0.1, 0.15) is 46.1 Å². The maximum Gasteiger partial charge on any atom is 0.119 e. The zero-order valence-corrected chi connectivity index (χ0v) is 12.7. The maximum absolute atomic E-state index is 5.65. The van der Waals surface area contributed by atoms with Crippen molar-refractivity contribution in [2.24, 2.45) is 0 Å². The lowest BCUT2D eigenvalue weighted by Crippen LogP contribution is -2.24. The summed E-state index contributed by atoms with van der Waals surface area (Å²) in [6.45, 7) is 10.4. The smallest absolute Gasteiger partial charge is 0.119 e. The Kier molecular flexibility index (Phi) is 7.27. The molecule has 0 heterocycles. The summed E-state index contributed by atoms with van der Waals surface area (Å²) in [5.41, 5.74) is 2.57. The monoisotopic (exact) mass is 261 g/mol. The Bertz CT molecular complexity index is 379. The standard InChI is InChI=1S/C17H27NO/c1-5-6-11-19-17-9-7-16(8-10-17)12-15(4)13-18-14(2)3/h7-10,12,14,18H,5-6,11,13H2,1-4H3. The summed E-state index contributed by atoms with van der Waals surface area (Å²) in [6, 6.07) is 8.84. The van der Waals surface area contributed by atoms with Gasteiger partial charge in [0.15, 0.2) is 0 Å². The molecule has 1 rings (SSSR count). The van der Waals surface area contributed by atoms with Crippen LogP contribution in [0.2, 0.25) is 0 Å². The van der Waals surface area contributed by atoms with Crippen LogP contribution >= 0.6 is 0 Å². The summed E-state index contributed by atoms with van der Waals surface area (Å²) >= 11 is 0. The maximum atomic E-state index is 5.65. The van der Waals surface area contributed by atoms with Gasteiger partial charge in [-0.1, -0.05) is 51.0 Å². The number of benzene rings is 1. The Morgan fingerprint density at radius 2 is 1.95 bits per heavy atom. The Hall–Kier alpha value is -1.28. The van der Waals surface area contributed by atoms with Crippen molar-refractivity contribution in [1.29, 1.82) is 0 Å². The molecule has 2 nitrogen and oxygen atoms in total. The van der Waals surface area contributed by atoms with Crippen molar-refractivity contribution in [3.05, 3.63) is 35.4 Å². The minimum atomic E-state index is 0.526. The van der Waals surface area contributed by atoms with Crippen LogP contribution in [-0.2, 0) is 0 Å². The normalized spacial score (nSPS) is 11.9. The van der Waals surface area contributed by atoms with E-state index in [-0.39, 0.29) is 0 Å². The number of hydrogen-bond acceptors (Lipinski definition) is 2. The van der Waals surface area contributed by atoms with E-state index < -0.39 is 0 Å². The van der Waals surface area contributed by atoms with E-state index in [4.69, 9.17) is 4.74 Å². The topological polar surface area (TPSA) is 21.3 Å². The van der Waals surface area contributed by atoms with E-state index in [0.717, 1.165) is 25.3 Å². The van der Waals surface area contributed by atoms with Gasteiger partial charge in [0, 0.05) is 12.6 Å². The molecule has 0 saturated heterocycles. The van der Waals surface area contributed by atoms with Crippen molar-refractivity contribution >= 4 is 6.08 Å². The molecule has 0 aromatic heterocycles. The number of rotatable bonds is 8. The average Bonchev–Trinajstić information content (AvgIpc) is 2.39. The second kappa shape index (κ2) is 8.76. The summed E-state index contributed by atoms with van der Waals surface area (Å²) in [5.74, 6) is 0.962.